The summed E-state index contributed by atoms with van der Waals surface area (Å²) in [5, 5.41) is 3.04. The molecule has 0 bridgehead atoms. The van der Waals surface area contributed by atoms with Crippen LogP contribution in [0.25, 0.3) is 0 Å². The van der Waals surface area contributed by atoms with Gasteiger partial charge in [0, 0.05) is 6.04 Å². The second kappa shape index (κ2) is 4.71. The van der Waals surface area contributed by atoms with Crippen LogP contribution >= 0.6 is 0 Å². The summed E-state index contributed by atoms with van der Waals surface area (Å²) in [7, 11) is 0. The fraction of sp³-hybridized carbons (Fsp3) is 0.500. The largest absolute Gasteiger partial charge is 0.468 e. The van der Waals surface area contributed by atoms with Gasteiger partial charge in [0.15, 0.2) is 0 Å². The molecule has 1 aliphatic heterocycles. The normalized spacial score (nSPS) is 20.6. The highest BCUT2D eigenvalue weighted by molar-refractivity contribution is 6.05. The van der Waals surface area contributed by atoms with Gasteiger partial charge in [-0.2, -0.15) is 0 Å². The Labute approximate surface area is 99.8 Å². The lowest BCUT2D eigenvalue weighted by molar-refractivity contribution is -0.140. The van der Waals surface area contributed by atoms with Crippen LogP contribution in [0.15, 0.2) is 22.8 Å². The van der Waals surface area contributed by atoms with Crippen molar-refractivity contribution < 1.29 is 14.0 Å². The van der Waals surface area contributed by atoms with E-state index in [0.717, 1.165) is 5.76 Å². The van der Waals surface area contributed by atoms with Crippen molar-refractivity contribution >= 4 is 11.8 Å². The lowest BCUT2D eigenvalue weighted by Gasteiger charge is -2.19. The van der Waals surface area contributed by atoms with Crippen molar-refractivity contribution in [1.82, 2.24) is 10.2 Å². The zero-order valence-corrected chi connectivity index (χ0v) is 9.97. The van der Waals surface area contributed by atoms with Gasteiger partial charge >= 0.3 is 0 Å². The van der Waals surface area contributed by atoms with Crippen LogP contribution in [0.2, 0.25) is 0 Å². The third kappa shape index (κ3) is 2.39. The lowest BCUT2D eigenvalue weighted by atomic mass is 10.2. The predicted octanol–water partition coefficient (Wildman–Crippen LogP) is 0.905. The van der Waals surface area contributed by atoms with Crippen molar-refractivity contribution in [1.29, 1.82) is 0 Å². The second-order valence-corrected chi connectivity index (χ2v) is 4.41. The van der Waals surface area contributed by atoms with Crippen molar-refractivity contribution in [2.75, 3.05) is 0 Å². The molecular weight excluding hydrogens is 220 g/mol. The number of amides is 2. The van der Waals surface area contributed by atoms with Gasteiger partial charge < -0.3 is 4.42 Å². The molecule has 1 atom stereocenters. The summed E-state index contributed by atoms with van der Waals surface area (Å²) in [6.07, 6.45) is 1.82. The highest BCUT2D eigenvalue weighted by Gasteiger charge is 2.39. The number of hydrogen-bond acceptors (Lipinski definition) is 4. The first-order valence-electron chi connectivity index (χ1n) is 5.71. The fourth-order valence-electron chi connectivity index (χ4n) is 1.99. The minimum atomic E-state index is -0.421. The summed E-state index contributed by atoms with van der Waals surface area (Å²) in [6, 6.07) is 3.12. The number of rotatable bonds is 4. The zero-order chi connectivity index (χ0) is 12.4. The molecule has 0 aromatic carbocycles. The molecule has 5 heteroatoms. The molecule has 0 aliphatic carbocycles. The van der Waals surface area contributed by atoms with Crippen LogP contribution in [0.3, 0.4) is 0 Å². The summed E-state index contributed by atoms with van der Waals surface area (Å²) in [6.45, 7) is 4.14. The van der Waals surface area contributed by atoms with Crippen LogP contribution in [0, 0.1) is 0 Å². The lowest BCUT2D eigenvalue weighted by Crippen LogP contribution is -2.41. The summed E-state index contributed by atoms with van der Waals surface area (Å²) in [5.41, 5.74) is 0. The third-order valence-corrected chi connectivity index (χ3v) is 2.80. The molecule has 1 aromatic heterocycles. The van der Waals surface area contributed by atoms with E-state index in [2.05, 4.69) is 5.32 Å². The van der Waals surface area contributed by atoms with Gasteiger partial charge in [0.1, 0.15) is 5.76 Å². The Morgan fingerprint density at radius 3 is 2.82 bits per heavy atom. The Morgan fingerprint density at radius 1 is 1.53 bits per heavy atom. The van der Waals surface area contributed by atoms with Gasteiger partial charge in [-0.05, 0) is 26.0 Å². The summed E-state index contributed by atoms with van der Waals surface area (Å²) in [5.74, 6) is 0.506. The van der Waals surface area contributed by atoms with Crippen LogP contribution in [0.5, 0.6) is 0 Å². The third-order valence-electron chi connectivity index (χ3n) is 2.80. The van der Waals surface area contributed by atoms with Crippen LogP contribution in [-0.2, 0) is 16.1 Å². The molecule has 1 fully saturated rings. The Balaban J connectivity index is 1.95. The number of nitrogens with zero attached hydrogens (tertiary/aromatic N) is 1. The molecule has 1 aliphatic rings. The number of imide groups is 1. The number of furan rings is 1. The number of likely N-dealkylation sites (tertiary alicyclic amines) is 1. The van der Waals surface area contributed by atoms with Crippen LogP contribution in [0.4, 0.5) is 0 Å². The van der Waals surface area contributed by atoms with Crippen molar-refractivity contribution in [2.24, 2.45) is 0 Å². The van der Waals surface area contributed by atoms with Crippen molar-refractivity contribution in [3.63, 3.8) is 0 Å². The van der Waals surface area contributed by atoms with Crippen LogP contribution in [0.1, 0.15) is 26.0 Å². The molecule has 0 radical (unpaired) electrons. The molecule has 1 unspecified atom stereocenters. The average Bonchev–Trinajstić information content (AvgIpc) is 2.84. The molecule has 17 heavy (non-hydrogen) atoms. The van der Waals surface area contributed by atoms with Gasteiger partial charge in [-0.1, -0.05) is 0 Å². The van der Waals surface area contributed by atoms with E-state index in [0.29, 0.717) is 6.54 Å². The minimum absolute atomic E-state index is 0.0783. The highest BCUT2D eigenvalue weighted by Crippen LogP contribution is 2.16. The maximum absolute atomic E-state index is 11.9. The smallest absolute Gasteiger partial charge is 0.247 e. The van der Waals surface area contributed by atoms with Crippen molar-refractivity contribution in [3.8, 4) is 0 Å². The molecule has 0 saturated carbocycles. The maximum Gasteiger partial charge on any atom is 0.247 e. The second-order valence-electron chi connectivity index (χ2n) is 4.41. The maximum atomic E-state index is 11.9. The molecule has 2 heterocycles. The van der Waals surface area contributed by atoms with E-state index in [1.165, 1.54) is 4.90 Å². The molecular formula is C12H16N2O3. The molecule has 2 rings (SSSR count). The van der Waals surface area contributed by atoms with Gasteiger partial charge in [-0.25, -0.2) is 0 Å². The van der Waals surface area contributed by atoms with E-state index in [1.807, 2.05) is 19.9 Å². The van der Waals surface area contributed by atoms with Crippen molar-refractivity contribution in [2.45, 2.75) is 38.9 Å². The SMILES string of the molecule is CC(C)N1C(=O)CC(NCc2ccco2)C1=O. The Kier molecular flexibility index (Phi) is 3.28. The van der Waals surface area contributed by atoms with Gasteiger partial charge in [-0.15, -0.1) is 0 Å². The minimum Gasteiger partial charge on any atom is -0.468 e. The Morgan fingerprint density at radius 2 is 2.29 bits per heavy atom. The molecule has 92 valence electrons. The predicted molar refractivity (Wildman–Crippen MR) is 60.9 cm³/mol. The standard InChI is InChI=1S/C12H16N2O3/c1-8(2)14-11(15)6-10(12(14)16)13-7-9-4-3-5-17-9/h3-5,8,10,13H,6-7H2,1-2H3. The number of nitrogens with one attached hydrogen (secondary N) is 1. The van der Waals surface area contributed by atoms with Gasteiger partial charge in [0.05, 0.1) is 25.3 Å². The summed E-state index contributed by atoms with van der Waals surface area (Å²) in [4.78, 5) is 24.9. The van der Waals surface area contributed by atoms with Gasteiger partial charge in [-0.3, -0.25) is 19.8 Å². The number of carbonyl (C=O) groups excluding carboxylic acids is 2. The summed E-state index contributed by atoms with van der Waals surface area (Å²) < 4.78 is 5.16. The first-order chi connectivity index (χ1) is 8.09. The molecule has 1 saturated heterocycles. The zero-order valence-electron chi connectivity index (χ0n) is 9.97. The van der Waals surface area contributed by atoms with Gasteiger partial charge in [0.2, 0.25) is 11.8 Å². The van der Waals surface area contributed by atoms with E-state index in [-0.39, 0.29) is 24.3 Å². The van der Waals surface area contributed by atoms with E-state index < -0.39 is 6.04 Å². The van der Waals surface area contributed by atoms with E-state index >= 15 is 0 Å². The first-order valence-corrected chi connectivity index (χ1v) is 5.71. The Bertz CT molecular complexity index is 411. The monoisotopic (exact) mass is 236 g/mol. The summed E-state index contributed by atoms with van der Waals surface area (Å²) >= 11 is 0. The quantitative estimate of drug-likeness (QED) is 0.789. The number of hydrogen-bond donors (Lipinski definition) is 1. The molecule has 1 N–H and O–H groups in total. The fourth-order valence-corrected chi connectivity index (χ4v) is 1.99. The van der Waals surface area contributed by atoms with Crippen LogP contribution in [-0.4, -0.2) is 28.8 Å². The molecule has 5 nitrogen and oxygen atoms in total. The molecule has 0 spiro atoms. The van der Waals surface area contributed by atoms with E-state index in [1.54, 1.807) is 12.3 Å². The molecule has 2 amide bonds. The molecule has 1 aromatic rings. The topological polar surface area (TPSA) is 62.6 Å². The van der Waals surface area contributed by atoms with E-state index in [9.17, 15) is 9.59 Å². The van der Waals surface area contributed by atoms with Gasteiger partial charge in [0.25, 0.3) is 0 Å². The van der Waals surface area contributed by atoms with Crippen molar-refractivity contribution in [3.05, 3.63) is 24.2 Å². The van der Waals surface area contributed by atoms with Crippen LogP contribution < -0.4 is 5.32 Å². The highest BCUT2D eigenvalue weighted by atomic mass is 16.3. The number of carbonyl (C=O) groups is 2. The Hall–Kier alpha value is -1.62. The van der Waals surface area contributed by atoms with E-state index in [4.69, 9.17) is 4.42 Å². The first kappa shape index (κ1) is 11.9. The average molecular weight is 236 g/mol.